The second-order valence-corrected chi connectivity index (χ2v) is 5.52. The van der Waals surface area contributed by atoms with Crippen LogP contribution >= 0.6 is 0 Å². The molecule has 20 heavy (non-hydrogen) atoms. The van der Waals surface area contributed by atoms with Gasteiger partial charge in [0.05, 0.1) is 0 Å². The maximum Gasteiger partial charge on any atom is 1.00 e. The average molecular weight is 292 g/mol. The maximum absolute atomic E-state index is 11.6. The fourth-order valence-electron chi connectivity index (χ4n) is 2.22. The second-order valence-electron chi connectivity index (χ2n) is 5.52. The monoisotopic (exact) mass is 292 g/mol. The Morgan fingerprint density at radius 3 is 1.80 bits per heavy atom. The number of rotatable bonds is 13. The average Bonchev–Trinajstić information content (AvgIpc) is 2.35. The first-order valence-corrected chi connectivity index (χ1v) is 7.80. The Morgan fingerprint density at radius 2 is 1.35 bits per heavy atom. The molecule has 0 aliphatic heterocycles. The molecule has 0 saturated carbocycles. The van der Waals surface area contributed by atoms with E-state index in [4.69, 9.17) is 0 Å². The van der Waals surface area contributed by atoms with Gasteiger partial charge in [-0.3, -0.25) is 4.79 Å². The fourth-order valence-corrected chi connectivity index (χ4v) is 2.22. The number of ketones is 1. The first kappa shape index (κ1) is 22.4. The van der Waals surface area contributed by atoms with Crippen LogP contribution in [0.3, 0.4) is 0 Å². The van der Waals surface area contributed by atoms with E-state index in [1.807, 2.05) is 0 Å². The van der Waals surface area contributed by atoms with Crippen molar-refractivity contribution in [2.45, 2.75) is 84.5 Å². The van der Waals surface area contributed by atoms with Crippen LogP contribution in [0.2, 0.25) is 0 Å². The van der Waals surface area contributed by atoms with Crippen LogP contribution in [0.15, 0.2) is 0 Å². The molecule has 0 fully saturated rings. The normalized spacial score (nSPS) is 11.7. The summed E-state index contributed by atoms with van der Waals surface area (Å²) < 4.78 is 0. The summed E-state index contributed by atoms with van der Waals surface area (Å²) in [5, 5.41) is 10.4. The molecular weight excluding hydrogens is 263 g/mol. The molecule has 0 aromatic rings. The van der Waals surface area contributed by atoms with E-state index >= 15 is 0 Å². The third kappa shape index (κ3) is 14.5. The number of carbonyl (C=O) groups is 2. The molecule has 0 N–H and O–H groups in total. The predicted octanol–water partition coefficient (Wildman–Crippen LogP) is 0.257. The van der Waals surface area contributed by atoms with Crippen LogP contribution in [-0.4, -0.2) is 11.8 Å². The summed E-state index contributed by atoms with van der Waals surface area (Å²) in [6.07, 6.45) is 11.4. The van der Waals surface area contributed by atoms with Gasteiger partial charge >= 0.3 is 29.6 Å². The van der Waals surface area contributed by atoms with Crippen molar-refractivity contribution in [3.05, 3.63) is 0 Å². The molecule has 4 heteroatoms. The van der Waals surface area contributed by atoms with Crippen molar-refractivity contribution in [2.24, 2.45) is 5.92 Å². The molecule has 0 heterocycles. The van der Waals surface area contributed by atoms with Crippen molar-refractivity contribution in [3.63, 3.8) is 0 Å². The molecule has 0 spiro atoms. The molecule has 0 rings (SSSR count). The third-order valence-corrected chi connectivity index (χ3v) is 3.55. The van der Waals surface area contributed by atoms with Crippen molar-refractivity contribution in [1.29, 1.82) is 0 Å². The minimum absolute atomic E-state index is 0. The molecule has 0 aliphatic rings. The Kier molecular flexibility index (Phi) is 17.4. The summed E-state index contributed by atoms with van der Waals surface area (Å²) in [5.41, 5.74) is 0. The van der Waals surface area contributed by atoms with Crippen molar-refractivity contribution in [3.8, 4) is 0 Å². The van der Waals surface area contributed by atoms with E-state index in [1.165, 1.54) is 44.9 Å². The maximum atomic E-state index is 11.6. The number of hydrogen-bond donors (Lipinski definition) is 0. The number of unbranched alkanes of at least 4 members (excludes halogenated alkanes) is 8. The summed E-state index contributed by atoms with van der Waals surface area (Å²) in [6, 6.07) is 0. The van der Waals surface area contributed by atoms with Gasteiger partial charge in [-0.15, -0.1) is 0 Å². The van der Waals surface area contributed by atoms with E-state index in [1.54, 1.807) is 6.92 Å². The number of carbonyl (C=O) groups excluding carboxylic acids is 2. The summed E-state index contributed by atoms with van der Waals surface area (Å²) in [5.74, 6) is -1.46. The summed E-state index contributed by atoms with van der Waals surface area (Å²) in [6.45, 7) is 3.89. The molecule has 0 bridgehead atoms. The van der Waals surface area contributed by atoms with Gasteiger partial charge in [-0.1, -0.05) is 65.2 Å². The SMILES string of the molecule is CCCCCCCCCCCC(=O)C(C)CC(=O)[O-].[Na+]. The fraction of sp³-hybridized carbons (Fsp3) is 0.875. The van der Waals surface area contributed by atoms with Crippen LogP contribution in [0, 0.1) is 5.92 Å². The third-order valence-electron chi connectivity index (χ3n) is 3.55. The van der Waals surface area contributed by atoms with Crippen LogP contribution < -0.4 is 34.7 Å². The molecule has 0 aromatic carbocycles. The van der Waals surface area contributed by atoms with Gasteiger partial charge < -0.3 is 9.90 Å². The Bertz CT molecular complexity index is 254. The topological polar surface area (TPSA) is 57.2 Å². The molecule has 0 amide bonds. The van der Waals surface area contributed by atoms with E-state index < -0.39 is 5.97 Å². The molecule has 0 aromatic heterocycles. The zero-order valence-electron chi connectivity index (χ0n) is 13.6. The number of hydrogen-bond acceptors (Lipinski definition) is 3. The summed E-state index contributed by atoms with van der Waals surface area (Å²) in [4.78, 5) is 22.0. The van der Waals surface area contributed by atoms with Crippen molar-refractivity contribution in [2.75, 3.05) is 0 Å². The van der Waals surface area contributed by atoms with E-state index in [0.717, 1.165) is 12.8 Å². The van der Waals surface area contributed by atoms with Crippen LogP contribution in [0.25, 0.3) is 0 Å². The predicted molar refractivity (Wildman–Crippen MR) is 75.6 cm³/mol. The van der Waals surface area contributed by atoms with E-state index in [2.05, 4.69) is 6.92 Å². The van der Waals surface area contributed by atoms with Crippen LogP contribution in [0.5, 0.6) is 0 Å². The van der Waals surface area contributed by atoms with Gasteiger partial charge in [0, 0.05) is 18.3 Å². The van der Waals surface area contributed by atoms with Crippen molar-refractivity contribution < 1.29 is 44.3 Å². The van der Waals surface area contributed by atoms with Gasteiger partial charge in [0.1, 0.15) is 5.78 Å². The summed E-state index contributed by atoms with van der Waals surface area (Å²) in [7, 11) is 0. The standard InChI is InChI=1S/C16H30O3.Na/c1-3-4-5-6-7-8-9-10-11-12-15(17)14(2)13-16(18)19;/h14H,3-13H2,1-2H3,(H,18,19);/q;+1/p-1. The van der Waals surface area contributed by atoms with Gasteiger partial charge in [0.15, 0.2) is 0 Å². The minimum atomic E-state index is -1.13. The van der Waals surface area contributed by atoms with Gasteiger partial charge in [0.2, 0.25) is 0 Å². The smallest absolute Gasteiger partial charge is 0.550 e. The molecule has 1 unspecified atom stereocenters. The van der Waals surface area contributed by atoms with Gasteiger partial charge in [-0.2, -0.15) is 0 Å². The largest absolute Gasteiger partial charge is 1.00 e. The summed E-state index contributed by atoms with van der Waals surface area (Å²) >= 11 is 0. The van der Waals surface area contributed by atoms with Crippen molar-refractivity contribution >= 4 is 11.8 Å². The number of Topliss-reactive ketones (excluding diaryl/α,β-unsaturated/α-hetero) is 1. The Morgan fingerprint density at radius 1 is 0.900 bits per heavy atom. The zero-order valence-corrected chi connectivity index (χ0v) is 15.6. The minimum Gasteiger partial charge on any atom is -0.550 e. The molecular formula is C16H29NaO3. The molecule has 0 saturated heterocycles. The van der Waals surface area contributed by atoms with E-state index in [-0.39, 0.29) is 47.7 Å². The second kappa shape index (κ2) is 15.5. The van der Waals surface area contributed by atoms with Gasteiger partial charge in [-0.25, -0.2) is 0 Å². The van der Waals surface area contributed by atoms with Crippen LogP contribution in [0.1, 0.15) is 84.5 Å². The van der Waals surface area contributed by atoms with E-state index in [9.17, 15) is 14.7 Å². The number of carboxylic acid groups (broad SMARTS) is 1. The van der Waals surface area contributed by atoms with E-state index in [0.29, 0.717) is 6.42 Å². The molecule has 0 aliphatic carbocycles. The zero-order chi connectivity index (χ0) is 14.5. The molecule has 1 atom stereocenters. The number of aliphatic carboxylic acids is 1. The number of carboxylic acids is 1. The Balaban J connectivity index is 0. The Labute approximate surface area is 146 Å². The first-order chi connectivity index (χ1) is 9.07. The Hall–Kier alpha value is 0.140. The van der Waals surface area contributed by atoms with Crippen LogP contribution in [0.4, 0.5) is 0 Å². The van der Waals surface area contributed by atoms with Gasteiger partial charge in [0.25, 0.3) is 0 Å². The molecule has 0 radical (unpaired) electrons. The van der Waals surface area contributed by atoms with Gasteiger partial charge in [-0.05, 0) is 12.8 Å². The van der Waals surface area contributed by atoms with Crippen LogP contribution in [-0.2, 0) is 9.59 Å². The van der Waals surface area contributed by atoms with Crippen molar-refractivity contribution in [1.82, 2.24) is 0 Å². The molecule has 112 valence electrons. The first-order valence-electron chi connectivity index (χ1n) is 7.80. The molecule has 3 nitrogen and oxygen atoms in total. The quantitative estimate of drug-likeness (QED) is 0.361.